The van der Waals surface area contributed by atoms with E-state index < -0.39 is 0 Å². The van der Waals surface area contributed by atoms with Crippen molar-refractivity contribution in [3.63, 3.8) is 0 Å². The molecule has 1 aromatic rings. The summed E-state index contributed by atoms with van der Waals surface area (Å²) in [5.41, 5.74) is 0.765. The summed E-state index contributed by atoms with van der Waals surface area (Å²) in [5.74, 6) is 0.562. The van der Waals surface area contributed by atoms with Crippen LogP contribution in [-0.2, 0) is 4.79 Å². The molecule has 0 aromatic carbocycles. The Hall–Kier alpha value is -1.42. The van der Waals surface area contributed by atoms with E-state index >= 15 is 0 Å². The number of rotatable bonds is 2. The van der Waals surface area contributed by atoms with Gasteiger partial charge in [0.1, 0.15) is 0 Å². The monoisotopic (exact) mass is 205 g/mol. The van der Waals surface area contributed by atoms with Gasteiger partial charge in [-0.25, -0.2) is 0 Å². The third-order valence-electron chi connectivity index (χ3n) is 2.78. The lowest BCUT2D eigenvalue weighted by molar-refractivity contribution is -0.120. The van der Waals surface area contributed by atoms with Gasteiger partial charge in [0.15, 0.2) is 0 Å². The lowest BCUT2D eigenvalue weighted by Crippen LogP contribution is -2.27. The van der Waals surface area contributed by atoms with Crippen LogP contribution >= 0.6 is 0 Å². The second-order valence-electron chi connectivity index (χ2n) is 3.97. The van der Waals surface area contributed by atoms with Crippen molar-refractivity contribution in [2.75, 3.05) is 18.4 Å². The number of aromatic nitrogens is 1. The third-order valence-corrected chi connectivity index (χ3v) is 2.78. The molecule has 2 rings (SSSR count). The zero-order valence-corrected chi connectivity index (χ0v) is 8.73. The van der Waals surface area contributed by atoms with Crippen LogP contribution in [0.5, 0.6) is 0 Å². The standard InChI is InChI=1S/C11H15N3O/c1-8-5-13-7-10(8)11(15)14-9-3-2-4-12-6-9/h2-4,6,8,10,13H,5,7H2,1H3,(H,14,15). The molecule has 2 atom stereocenters. The van der Waals surface area contributed by atoms with Gasteiger partial charge in [-0.05, 0) is 24.6 Å². The van der Waals surface area contributed by atoms with Crippen molar-refractivity contribution >= 4 is 11.6 Å². The number of anilines is 1. The average Bonchev–Trinajstić information content (AvgIpc) is 2.66. The van der Waals surface area contributed by atoms with E-state index in [9.17, 15) is 4.79 Å². The van der Waals surface area contributed by atoms with Gasteiger partial charge in [-0.2, -0.15) is 0 Å². The maximum absolute atomic E-state index is 11.8. The van der Waals surface area contributed by atoms with E-state index in [1.165, 1.54) is 0 Å². The summed E-state index contributed by atoms with van der Waals surface area (Å²) in [5, 5.41) is 6.09. The Morgan fingerprint density at radius 3 is 3.07 bits per heavy atom. The fourth-order valence-electron chi connectivity index (χ4n) is 1.83. The Balaban J connectivity index is 1.98. The minimum atomic E-state index is 0.0743. The van der Waals surface area contributed by atoms with Crippen LogP contribution < -0.4 is 10.6 Å². The van der Waals surface area contributed by atoms with Crippen LogP contribution in [-0.4, -0.2) is 24.0 Å². The van der Waals surface area contributed by atoms with Gasteiger partial charge in [0.05, 0.1) is 17.8 Å². The Morgan fingerprint density at radius 2 is 2.47 bits per heavy atom. The fraction of sp³-hybridized carbons (Fsp3) is 0.455. The minimum absolute atomic E-state index is 0.0743. The summed E-state index contributed by atoms with van der Waals surface area (Å²) in [6.45, 7) is 3.78. The molecule has 1 aliphatic rings. The Kier molecular flexibility index (Phi) is 2.97. The van der Waals surface area contributed by atoms with E-state index in [4.69, 9.17) is 0 Å². The fourth-order valence-corrected chi connectivity index (χ4v) is 1.83. The number of carbonyl (C=O) groups excluding carboxylic acids is 1. The topological polar surface area (TPSA) is 54.0 Å². The van der Waals surface area contributed by atoms with Gasteiger partial charge >= 0.3 is 0 Å². The molecule has 2 heterocycles. The number of pyridine rings is 1. The molecule has 2 N–H and O–H groups in total. The molecule has 15 heavy (non-hydrogen) atoms. The highest BCUT2D eigenvalue weighted by molar-refractivity contribution is 5.92. The van der Waals surface area contributed by atoms with Crippen molar-refractivity contribution in [2.45, 2.75) is 6.92 Å². The molecule has 0 saturated carbocycles. The summed E-state index contributed by atoms with van der Waals surface area (Å²) < 4.78 is 0. The minimum Gasteiger partial charge on any atom is -0.324 e. The predicted octanol–water partition coefficient (Wildman–Crippen LogP) is 0.876. The first-order valence-electron chi connectivity index (χ1n) is 5.19. The number of amides is 1. The van der Waals surface area contributed by atoms with Crippen LogP contribution in [0.4, 0.5) is 5.69 Å². The molecule has 1 amide bonds. The molecule has 0 bridgehead atoms. The van der Waals surface area contributed by atoms with Crippen molar-refractivity contribution in [2.24, 2.45) is 11.8 Å². The van der Waals surface area contributed by atoms with Crippen LogP contribution in [0.2, 0.25) is 0 Å². The summed E-state index contributed by atoms with van der Waals surface area (Å²) in [7, 11) is 0. The Labute approximate surface area is 89.1 Å². The molecule has 1 aromatic heterocycles. The molecule has 80 valence electrons. The molecule has 0 spiro atoms. The summed E-state index contributed by atoms with van der Waals surface area (Å²) >= 11 is 0. The van der Waals surface area contributed by atoms with E-state index in [0.29, 0.717) is 5.92 Å². The lowest BCUT2D eigenvalue weighted by atomic mass is 9.97. The molecule has 4 nitrogen and oxygen atoms in total. The number of nitrogens with zero attached hydrogens (tertiary/aromatic N) is 1. The molecule has 1 fully saturated rings. The highest BCUT2D eigenvalue weighted by Crippen LogP contribution is 2.17. The zero-order chi connectivity index (χ0) is 10.7. The van der Waals surface area contributed by atoms with Gasteiger partial charge < -0.3 is 10.6 Å². The van der Waals surface area contributed by atoms with Crippen LogP contribution in [0.1, 0.15) is 6.92 Å². The normalized spacial score (nSPS) is 25.1. The largest absolute Gasteiger partial charge is 0.324 e. The van der Waals surface area contributed by atoms with Crippen molar-refractivity contribution in [1.82, 2.24) is 10.3 Å². The summed E-state index contributed by atoms with van der Waals surface area (Å²) in [4.78, 5) is 15.8. The van der Waals surface area contributed by atoms with Gasteiger partial charge in [0.2, 0.25) is 5.91 Å². The van der Waals surface area contributed by atoms with Crippen molar-refractivity contribution in [3.05, 3.63) is 24.5 Å². The van der Waals surface area contributed by atoms with Crippen molar-refractivity contribution in [1.29, 1.82) is 0 Å². The quantitative estimate of drug-likeness (QED) is 0.753. The summed E-state index contributed by atoms with van der Waals surface area (Å²) in [6.07, 6.45) is 3.35. The Bertz CT molecular complexity index is 339. The second kappa shape index (κ2) is 4.40. The van der Waals surface area contributed by atoms with Crippen LogP contribution in [0.3, 0.4) is 0 Å². The highest BCUT2D eigenvalue weighted by atomic mass is 16.1. The van der Waals surface area contributed by atoms with Gasteiger partial charge in [-0.15, -0.1) is 0 Å². The van der Waals surface area contributed by atoms with Crippen LogP contribution in [0.25, 0.3) is 0 Å². The third kappa shape index (κ3) is 2.33. The predicted molar refractivity (Wildman–Crippen MR) is 58.4 cm³/mol. The second-order valence-corrected chi connectivity index (χ2v) is 3.97. The number of hydrogen-bond donors (Lipinski definition) is 2. The van der Waals surface area contributed by atoms with E-state index in [2.05, 4.69) is 22.5 Å². The van der Waals surface area contributed by atoms with Crippen molar-refractivity contribution in [3.8, 4) is 0 Å². The lowest BCUT2D eigenvalue weighted by Gasteiger charge is -2.13. The number of hydrogen-bond acceptors (Lipinski definition) is 3. The maximum atomic E-state index is 11.8. The van der Waals surface area contributed by atoms with Crippen LogP contribution in [0.15, 0.2) is 24.5 Å². The molecule has 0 radical (unpaired) electrons. The molecular formula is C11H15N3O. The first-order chi connectivity index (χ1) is 7.27. The highest BCUT2D eigenvalue weighted by Gasteiger charge is 2.29. The van der Waals surface area contributed by atoms with E-state index in [0.717, 1.165) is 18.8 Å². The smallest absolute Gasteiger partial charge is 0.229 e. The van der Waals surface area contributed by atoms with E-state index in [1.54, 1.807) is 12.4 Å². The first kappa shape index (κ1) is 10.1. The van der Waals surface area contributed by atoms with Crippen LogP contribution in [0, 0.1) is 11.8 Å². The number of carbonyl (C=O) groups is 1. The molecule has 2 unspecified atom stereocenters. The average molecular weight is 205 g/mol. The molecule has 0 aliphatic carbocycles. The maximum Gasteiger partial charge on any atom is 0.229 e. The summed E-state index contributed by atoms with van der Waals surface area (Å²) in [6, 6.07) is 3.66. The molecule has 1 aliphatic heterocycles. The Morgan fingerprint density at radius 1 is 1.60 bits per heavy atom. The number of nitrogens with one attached hydrogen (secondary N) is 2. The van der Waals surface area contributed by atoms with Gasteiger partial charge in [-0.1, -0.05) is 6.92 Å². The first-order valence-corrected chi connectivity index (χ1v) is 5.19. The SMILES string of the molecule is CC1CNCC1C(=O)Nc1cccnc1. The molecule has 1 saturated heterocycles. The van der Waals surface area contributed by atoms with Crippen molar-refractivity contribution < 1.29 is 4.79 Å². The van der Waals surface area contributed by atoms with E-state index in [-0.39, 0.29) is 11.8 Å². The molecular weight excluding hydrogens is 190 g/mol. The van der Waals surface area contributed by atoms with Gasteiger partial charge in [-0.3, -0.25) is 9.78 Å². The van der Waals surface area contributed by atoms with E-state index in [1.807, 2.05) is 12.1 Å². The zero-order valence-electron chi connectivity index (χ0n) is 8.73. The molecule has 4 heteroatoms. The van der Waals surface area contributed by atoms with Gasteiger partial charge in [0.25, 0.3) is 0 Å². The van der Waals surface area contributed by atoms with Gasteiger partial charge in [0, 0.05) is 12.7 Å².